The highest BCUT2D eigenvalue weighted by Gasteiger charge is 2.57. The molecule has 0 N–H and O–H groups in total. The fourth-order valence-electron chi connectivity index (χ4n) is 11.5. The number of benzene rings is 9. The van der Waals surface area contributed by atoms with Crippen LogP contribution < -0.4 is 14.4 Å². The zero-order valence-corrected chi connectivity index (χ0v) is 36.6. The van der Waals surface area contributed by atoms with Gasteiger partial charge in [-0.15, -0.1) is 0 Å². The Kier molecular flexibility index (Phi) is 8.86. The zero-order chi connectivity index (χ0) is 43.8. The molecule has 3 heteroatoms. The van der Waals surface area contributed by atoms with E-state index in [0.717, 1.165) is 51.9 Å². The molecule has 314 valence electrons. The van der Waals surface area contributed by atoms with E-state index >= 15 is 0 Å². The molecule has 9 aromatic carbocycles. The van der Waals surface area contributed by atoms with E-state index in [4.69, 9.17) is 9.47 Å². The number of allylic oxidation sites excluding steroid dienone is 4. The molecule has 0 radical (unpaired) electrons. The maximum Gasteiger partial charge on any atom is 0.177 e. The van der Waals surface area contributed by atoms with Crippen molar-refractivity contribution in [2.75, 3.05) is 4.90 Å². The number of fused-ring (bicyclic) bond motifs is 12. The summed E-state index contributed by atoms with van der Waals surface area (Å²) in [5.41, 5.74) is 18.8. The third-order valence-corrected chi connectivity index (χ3v) is 14.4. The highest BCUT2D eigenvalue weighted by atomic mass is 16.6. The summed E-state index contributed by atoms with van der Waals surface area (Å²) < 4.78 is 13.9. The molecular weight excluding hydrogens is 803 g/mol. The predicted octanol–water partition coefficient (Wildman–Crippen LogP) is 16.8. The molecule has 13 rings (SSSR count). The molecule has 0 saturated heterocycles. The average Bonchev–Trinajstić information content (AvgIpc) is 3.85. The molecule has 0 aromatic heterocycles. The molecule has 0 saturated carbocycles. The minimum absolute atomic E-state index is 0.238. The molecular formula is C63H45NO2. The van der Waals surface area contributed by atoms with Gasteiger partial charge in [0.1, 0.15) is 0 Å². The summed E-state index contributed by atoms with van der Waals surface area (Å²) in [5, 5.41) is 0. The SMILES string of the molecule is CCc1cccc(N(c2ccc(-c3cccc4c3Oc3cc5c(cc3O4)-c3ccccc3C53c4ccccc4C4C=CC=CC43)cc2)c2ccc(-c3ccccc3)c(-c3ccccc3)c2)c1. The smallest absolute Gasteiger partial charge is 0.177 e. The normalized spacial score (nSPS) is 17.7. The molecule has 66 heavy (non-hydrogen) atoms. The van der Waals surface area contributed by atoms with Gasteiger partial charge in [-0.05, 0) is 128 Å². The van der Waals surface area contributed by atoms with Gasteiger partial charge in [-0.3, -0.25) is 0 Å². The summed E-state index contributed by atoms with van der Waals surface area (Å²) in [5.74, 6) is 3.44. The van der Waals surface area contributed by atoms with Gasteiger partial charge in [0.15, 0.2) is 23.0 Å². The number of hydrogen-bond donors (Lipinski definition) is 0. The van der Waals surface area contributed by atoms with Gasteiger partial charge in [0.2, 0.25) is 0 Å². The summed E-state index contributed by atoms with van der Waals surface area (Å²) in [6.07, 6.45) is 10.2. The molecule has 0 bridgehead atoms. The van der Waals surface area contributed by atoms with Crippen LogP contribution in [0.1, 0.15) is 40.7 Å². The van der Waals surface area contributed by atoms with Crippen LogP contribution in [0.25, 0.3) is 44.5 Å². The van der Waals surface area contributed by atoms with E-state index in [2.05, 4.69) is 236 Å². The van der Waals surface area contributed by atoms with E-state index in [1.54, 1.807) is 0 Å². The molecule has 1 aliphatic heterocycles. The quantitative estimate of drug-likeness (QED) is 0.159. The van der Waals surface area contributed by atoms with Gasteiger partial charge < -0.3 is 14.4 Å². The van der Waals surface area contributed by atoms with Crippen molar-refractivity contribution >= 4 is 17.1 Å². The van der Waals surface area contributed by atoms with E-state index in [0.29, 0.717) is 11.7 Å². The van der Waals surface area contributed by atoms with Gasteiger partial charge in [-0.2, -0.15) is 0 Å². The van der Waals surface area contributed by atoms with Crippen LogP contribution in [-0.2, 0) is 11.8 Å². The van der Waals surface area contributed by atoms with Crippen molar-refractivity contribution in [3.8, 4) is 67.5 Å². The summed E-state index contributed by atoms with van der Waals surface area (Å²) in [6, 6.07) is 74.8. The molecule has 1 spiro atoms. The number of nitrogens with zero attached hydrogens (tertiary/aromatic N) is 1. The monoisotopic (exact) mass is 847 g/mol. The van der Waals surface area contributed by atoms with Gasteiger partial charge in [0.25, 0.3) is 0 Å². The van der Waals surface area contributed by atoms with Crippen molar-refractivity contribution in [2.45, 2.75) is 24.7 Å². The van der Waals surface area contributed by atoms with Crippen LogP contribution in [-0.4, -0.2) is 0 Å². The second-order valence-corrected chi connectivity index (χ2v) is 17.8. The lowest BCUT2D eigenvalue weighted by Gasteiger charge is -2.36. The fraction of sp³-hybridized carbons (Fsp3) is 0.0794. The Labute approximate surface area is 386 Å². The molecule has 3 unspecified atom stereocenters. The third-order valence-electron chi connectivity index (χ3n) is 14.4. The highest BCUT2D eigenvalue weighted by molar-refractivity contribution is 5.91. The Hall–Kier alpha value is -8.14. The highest BCUT2D eigenvalue weighted by Crippen LogP contribution is 2.67. The number of anilines is 3. The zero-order valence-electron chi connectivity index (χ0n) is 36.6. The number of hydrogen-bond acceptors (Lipinski definition) is 3. The van der Waals surface area contributed by atoms with E-state index in [9.17, 15) is 0 Å². The molecule has 3 atom stereocenters. The van der Waals surface area contributed by atoms with Crippen molar-refractivity contribution in [3.05, 3.63) is 258 Å². The van der Waals surface area contributed by atoms with E-state index < -0.39 is 0 Å². The number of aryl methyl sites for hydroxylation is 1. The first-order valence-corrected chi connectivity index (χ1v) is 23.1. The minimum Gasteiger partial charge on any atom is -0.449 e. The van der Waals surface area contributed by atoms with Crippen molar-refractivity contribution in [2.24, 2.45) is 5.92 Å². The Morgan fingerprint density at radius 2 is 1.08 bits per heavy atom. The Morgan fingerprint density at radius 1 is 0.424 bits per heavy atom. The summed E-state index contributed by atoms with van der Waals surface area (Å²) in [6.45, 7) is 2.21. The van der Waals surface area contributed by atoms with Crippen LogP contribution >= 0.6 is 0 Å². The van der Waals surface area contributed by atoms with E-state index in [1.165, 1.54) is 61.2 Å². The second kappa shape index (κ2) is 15.3. The Balaban J connectivity index is 0.900. The first-order valence-electron chi connectivity index (χ1n) is 23.1. The van der Waals surface area contributed by atoms with Crippen LogP contribution in [0.3, 0.4) is 0 Å². The van der Waals surface area contributed by atoms with Crippen LogP contribution in [0.2, 0.25) is 0 Å². The minimum atomic E-state index is -0.352. The molecule has 4 aliphatic rings. The summed E-state index contributed by atoms with van der Waals surface area (Å²) in [4.78, 5) is 2.37. The van der Waals surface area contributed by atoms with Gasteiger partial charge in [0, 0.05) is 34.5 Å². The van der Waals surface area contributed by atoms with Crippen LogP contribution in [0, 0.1) is 5.92 Å². The molecule has 1 heterocycles. The molecule has 9 aromatic rings. The second-order valence-electron chi connectivity index (χ2n) is 17.8. The van der Waals surface area contributed by atoms with Crippen LogP contribution in [0.5, 0.6) is 23.0 Å². The van der Waals surface area contributed by atoms with Crippen molar-refractivity contribution < 1.29 is 9.47 Å². The van der Waals surface area contributed by atoms with Gasteiger partial charge in [0.05, 0.1) is 5.41 Å². The lowest BCUT2D eigenvalue weighted by molar-refractivity contribution is 0.359. The lowest BCUT2D eigenvalue weighted by Crippen LogP contribution is -2.33. The van der Waals surface area contributed by atoms with Crippen LogP contribution in [0.4, 0.5) is 17.1 Å². The topological polar surface area (TPSA) is 21.7 Å². The number of ether oxygens (including phenoxy) is 2. The number of para-hydroxylation sites is 1. The maximum absolute atomic E-state index is 7.09. The van der Waals surface area contributed by atoms with Crippen molar-refractivity contribution in [3.63, 3.8) is 0 Å². The van der Waals surface area contributed by atoms with E-state index in [-0.39, 0.29) is 11.3 Å². The summed E-state index contributed by atoms with van der Waals surface area (Å²) >= 11 is 0. The lowest BCUT2D eigenvalue weighted by atomic mass is 9.65. The standard InChI is InChI=1S/C63H45NO2/c1-2-41-17-15-22-46(37-41)64(47-35-36-48(42-18-5-3-6-19-42)53(38-47)43-20-7-4-8-21-43)45-33-31-44(32-34-45)49-26-16-30-59-62(49)66-61-40-58-54(39-60(61)65-59)52-25-11-14-29-57(52)63(58)55-27-12-9-23-50(55)51-24-10-13-28-56(51)63/h3-40,50,55H,2H2,1H3. The van der Waals surface area contributed by atoms with Crippen molar-refractivity contribution in [1.29, 1.82) is 0 Å². The molecule has 3 nitrogen and oxygen atoms in total. The van der Waals surface area contributed by atoms with E-state index in [1.807, 2.05) is 6.07 Å². The van der Waals surface area contributed by atoms with Crippen LogP contribution in [0.15, 0.2) is 231 Å². The molecule has 0 amide bonds. The van der Waals surface area contributed by atoms with Gasteiger partial charge >= 0.3 is 0 Å². The molecule has 3 aliphatic carbocycles. The van der Waals surface area contributed by atoms with Gasteiger partial charge in [-0.1, -0.05) is 183 Å². The first kappa shape index (κ1) is 38.3. The summed E-state index contributed by atoms with van der Waals surface area (Å²) in [7, 11) is 0. The Bertz CT molecular complexity index is 3420. The average molecular weight is 848 g/mol. The fourth-order valence-corrected chi connectivity index (χ4v) is 11.5. The molecule has 0 fully saturated rings. The third kappa shape index (κ3) is 5.83. The van der Waals surface area contributed by atoms with Crippen molar-refractivity contribution in [1.82, 2.24) is 0 Å². The Morgan fingerprint density at radius 3 is 1.89 bits per heavy atom. The van der Waals surface area contributed by atoms with Gasteiger partial charge in [-0.25, -0.2) is 0 Å². The first-order chi connectivity index (χ1) is 32.7. The largest absolute Gasteiger partial charge is 0.449 e. The number of rotatable bonds is 7. The predicted molar refractivity (Wildman–Crippen MR) is 270 cm³/mol. The maximum atomic E-state index is 7.09.